The summed E-state index contributed by atoms with van der Waals surface area (Å²) in [6.07, 6.45) is 0. The van der Waals surface area contributed by atoms with Crippen LogP contribution in [0.5, 0.6) is 11.5 Å². The van der Waals surface area contributed by atoms with Gasteiger partial charge in [0.15, 0.2) is 11.5 Å². The van der Waals surface area contributed by atoms with Crippen LogP contribution < -0.4 is 9.47 Å². The van der Waals surface area contributed by atoms with E-state index >= 15 is 0 Å². The third kappa shape index (κ3) is 5.10. The van der Waals surface area contributed by atoms with E-state index in [0.29, 0.717) is 50.9 Å². The van der Waals surface area contributed by atoms with E-state index in [0.717, 1.165) is 6.54 Å². The molecule has 0 amide bonds. The quantitative estimate of drug-likeness (QED) is 0.658. The van der Waals surface area contributed by atoms with E-state index in [9.17, 15) is 8.42 Å². The second kappa shape index (κ2) is 9.61. The van der Waals surface area contributed by atoms with Gasteiger partial charge in [-0.3, -0.25) is 4.90 Å². The van der Waals surface area contributed by atoms with Crippen molar-refractivity contribution in [3.05, 3.63) is 53.6 Å². The zero-order chi connectivity index (χ0) is 20.9. The van der Waals surface area contributed by atoms with Crippen LogP contribution in [0.1, 0.15) is 25.0 Å². The first kappa shape index (κ1) is 21.6. The molecule has 0 aromatic heterocycles. The lowest BCUT2D eigenvalue weighted by atomic mass is 10.1. The molecule has 0 unspecified atom stereocenters. The lowest BCUT2D eigenvalue weighted by Gasteiger charge is -2.34. The third-order valence-electron chi connectivity index (χ3n) is 5.14. The molecule has 0 bridgehead atoms. The van der Waals surface area contributed by atoms with E-state index in [-0.39, 0.29) is 4.90 Å². The van der Waals surface area contributed by atoms with Gasteiger partial charge in [-0.25, -0.2) is 8.42 Å². The molecule has 0 atom stereocenters. The second-order valence-corrected chi connectivity index (χ2v) is 9.02. The van der Waals surface area contributed by atoms with Gasteiger partial charge in [0.1, 0.15) is 0 Å². The number of nitrogens with zero attached hydrogens (tertiary/aromatic N) is 2. The van der Waals surface area contributed by atoms with E-state index in [1.807, 2.05) is 26.0 Å². The number of hydrogen-bond donors (Lipinski definition) is 0. The van der Waals surface area contributed by atoms with Gasteiger partial charge in [0, 0.05) is 38.8 Å². The van der Waals surface area contributed by atoms with Crippen LogP contribution in [0.4, 0.5) is 0 Å². The van der Waals surface area contributed by atoms with Crippen molar-refractivity contribution in [1.29, 1.82) is 0 Å². The largest absolute Gasteiger partial charge is 0.490 e. The average Bonchev–Trinajstić information content (AvgIpc) is 2.72. The monoisotopic (exact) mass is 418 g/mol. The topological polar surface area (TPSA) is 59.1 Å². The molecule has 0 saturated carbocycles. The Morgan fingerprint density at radius 3 is 2.21 bits per heavy atom. The minimum absolute atomic E-state index is 0.247. The van der Waals surface area contributed by atoms with Gasteiger partial charge >= 0.3 is 0 Å². The molecule has 1 heterocycles. The average molecular weight is 419 g/mol. The highest BCUT2D eigenvalue weighted by Crippen LogP contribution is 2.31. The van der Waals surface area contributed by atoms with Crippen LogP contribution in [-0.4, -0.2) is 57.0 Å². The Morgan fingerprint density at radius 2 is 1.55 bits per heavy atom. The van der Waals surface area contributed by atoms with E-state index in [2.05, 4.69) is 24.0 Å². The Hall–Kier alpha value is -2.09. The highest BCUT2D eigenvalue weighted by Gasteiger charge is 2.29. The van der Waals surface area contributed by atoms with Gasteiger partial charge < -0.3 is 9.47 Å². The summed E-state index contributed by atoms with van der Waals surface area (Å²) in [6, 6.07) is 13.2. The number of piperazine rings is 1. The summed E-state index contributed by atoms with van der Waals surface area (Å²) < 4.78 is 39.0. The summed E-state index contributed by atoms with van der Waals surface area (Å²) in [5, 5.41) is 0. The number of aryl methyl sites for hydroxylation is 1. The summed E-state index contributed by atoms with van der Waals surface area (Å²) in [5.41, 5.74) is 2.55. The lowest BCUT2D eigenvalue weighted by molar-refractivity contribution is 0.181. The van der Waals surface area contributed by atoms with Gasteiger partial charge in [0.25, 0.3) is 0 Å². The van der Waals surface area contributed by atoms with Crippen molar-refractivity contribution in [2.75, 3.05) is 39.4 Å². The minimum Gasteiger partial charge on any atom is -0.490 e. The number of rotatable bonds is 8. The molecule has 29 heavy (non-hydrogen) atoms. The molecule has 158 valence electrons. The lowest BCUT2D eigenvalue weighted by Crippen LogP contribution is -2.48. The first-order valence-electron chi connectivity index (χ1n) is 10.1. The molecule has 3 rings (SSSR count). The van der Waals surface area contributed by atoms with E-state index < -0.39 is 10.0 Å². The number of benzene rings is 2. The Balaban J connectivity index is 1.69. The maximum absolute atomic E-state index is 13.1. The van der Waals surface area contributed by atoms with Crippen LogP contribution in [0, 0.1) is 6.92 Å². The highest BCUT2D eigenvalue weighted by molar-refractivity contribution is 7.89. The van der Waals surface area contributed by atoms with Crippen LogP contribution in [0.25, 0.3) is 0 Å². The Labute approximate surface area is 174 Å². The molecule has 1 fully saturated rings. The van der Waals surface area contributed by atoms with Crippen molar-refractivity contribution in [2.45, 2.75) is 32.2 Å². The van der Waals surface area contributed by atoms with Crippen LogP contribution >= 0.6 is 0 Å². The van der Waals surface area contributed by atoms with Crippen molar-refractivity contribution in [3.8, 4) is 11.5 Å². The SMILES string of the molecule is CCOc1ccc(S(=O)(=O)N2CCN(Cc3ccccc3C)CC2)cc1OCC. The molecule has 6 nitrogen and oxygen atoms in total. The molecule has 2 aromatic carbocycles. The molecule has 1 aliphatic rings. The molecule has 0 N–H and O–H groups in total. The number of hydrogen-bond acceptors (Lipinski definition) is 5. The van der Waals surface area contributed by atoms with Gasteiger partial charge in [-0.05, 0) is 44.0 Å². The van der Waals surface area contributed by atoms with E-state index in [4.69, 9.17) is 9.47 Å². The van der Waals surface area contributed by atoms with E-state index in [1.54, 1.807) is 22.5 Å². The molecule has 0 aliphatic carbocycles. The number of ether oxygens (including phenoxy) is 2. The Morgan fingerprint density at radius 1 is 0.897 bits per heavy atom. The van der Waals surface area contributed by atoms with Crippen molar-refractivity contribution in [1.82, 2.24) is 9.21 Å². The summed E-state index contributed by atoms with van der Waals surface area (Å²) in [7, 11) is -3.57. The van der Waals surface area contributed by atoms with Crippen LogP contribution in [0.15, 0.2) is 47.4 Å². The normalized spacial score (nSPS) is 16.0. The predicted molar refractivity (Wildman–Crippen MR) is 114 cm³/mol. The van der Waals surface area contributed by atoms with Gasteiger partial charge in [-0.1, -0.05) is 24.3 Å². The first-order valence-corrected chi connectivity index (χ1v) is 11.6. The van der Waals surface area contributed by atoms with Crippen LogP contribution in [-0.2, 0) is 16.6 Å². The highest BCUT2D eigenvalue weighted by atomic mass is 32.2. The molecule has 0 spiro atoms. The zero-order valence-corrected chi connectivity index (χ0v) is 18.2. The van der Waals surface area contributed by atoms with Crippen molar-refractivity contribution in [3.63, 3.8) is 0 Å². The summed E-state index contributed by atoms with van der Waals surface area (Å²) in [5.74, 6) is 1.03. The second-order valence-electron chi connectivity index (χ2n) is 7.08. The standard InChI is InChI=1S/C22H30N2O4S/c1-4-27-21-11-10-20(16-22(21)28-5-2)29(25,26)24-14-12-23(13-15-24)17-19-9-7-6-8-18(19)3/h6-11,16H,4-5,12-15,17H2,1-3H3. The minimum atomic E-state index is -3.57. The van der Waals surface area contributed by atoms with Crippen LogP contribution in [0.3, 0.4) is 0 Å². The summed E-state index contributed by atoms with van der Waals surface area (Å²) >= 11 is 0. The maximum atomic E-state index is 13.1. The summed E-state index contributed by atoms with van der Waals surface area (Å²) in [6.45, 7) is 10.0. The van der Waals surface area contributed by atoms with Gasteiger partial charge in [0.05, 0.1) is 18.1 Å². The molecule has 7 heteroatoms. The fourth-order valence-electron chi connectivity index (χ4n) is 3.50. The molecule has 0 radical (unpaired) electrons. The van der Waals surface area contributed by atoms with Crippen LogP contribution in [0.2, 0.25) is 0 Å². The van der Waals surface area contributed by atoms with Gasteiger partial charge in [-0.2, -0.15) is 4.31 Å². The molecule has 2 aromatic rings. The van der Waals surface area contributed by atoms with Crippen molar-refractivity contribution in [2.24, 2.45) is 0 Å². The molecular weight excluding hydrogens is 388 g/mol. The van der Waals surface area contributed by atoms with Crippen molar-refractivity contribution >= 4 is 10.0 Å². The van der Waals surface area contributed by atoms with Gasteiger partial charge in [0.2, 0.25) is 10.0 Å². The first-order chi connectivity index (χ1) is 14.0. The Kier molecular flexibility index (Phi) is 7.16. The predicted octanol–water partition coefficient (Wildman–Crippen LogP) is 3.30. The Bertz CT molecular complexity index is 922. The maximum Gasteiger partial charge on any atom is 0.243 e. The summed E-state index contributed by atoms with van der Waals surface area (Å²) in [4.78, 5) is 2.55. The number of sulfonamides is 1. The molecule has 1 aliphatic heterocycles. The smallest absolute Gasteiger partial charge is 0.243 e. The third-order valence-corrected chi connectivity index (χ3v) is 7.03. The van der Waals surface area contributed by atoms with Gasteiger partial charge in [-0.15, -0.1) is 0 Å². The molecule has 1 saturated heterocycles. The van der Waals surface area contributed by atoms with E-state index in [1.165, 1.54) is 11.1 Å². The fourth-order valence-corrected chi connectivity index (χ4v) is 4.94. The zero-order valence-electron chi connectivity index (χ0n) is 17.4. The fraction of sp³-hybridized carbons (Fsp3) is 0.455. The van der Waals surface area contributed by atoms with Crippen molar-refractivity contribution < 1.29 is 17.9 Å². The molecular formula is C22H30N2O4S.